The monoisotopic (exact) mass is 415 g/mol. The highest BCUT2D eigenvalue weighted by molar-refractivity contribution is 7.92. The number of anilines is 1. The highest BCUT2D eigenvalue weighted by Crippen LogP contribution is 2.36. The van der Waals surface area contributed by atoms with Crippen molar-refractivity contribution in [2.45, 2.75) is 26.0 Å². The van der Waals surface area contributed by atoms with E-state index in [0.717, 1.165) is 17.4 Å². The molecule has 26 heavy (non-hydrogen) atoms. The molecule has 1 amide bonds. The molecule has 0 heterocycles. The van der Waals surface area contributed by atoms with E-state index in [9.17, 15) is 13.2 Å². The number of aryl methyl sites for hydroxylation is 2. The Morgan fingerprint density at radius 3 is 2.19 bits per heavy atom. The molecule has 0 aliphatic carbocycles. The smallest absolute Gasteiger partial charge is 0.242 e. The summed E-state index contributed by atoms with van der Waals surface area (Å²) >= 11 is 12.1. The lowest BCUT2D eigenvalue weighted by Crippen LogP contribution is -2.31. The Labute approximate surface area is 163 Å². The number of hydrogen-bond acceptors (Lipinski definition) is 4. The second-order valence-corrected chi connectivity index (χ2v) is 9.31. The minimum atomic E-state index is -3.52. The maximum absolute atomic E-state index is 12.2. The number of benzene rings is 2. The van der Waals surface area contributed by atoms with Gasteiger partial charge in [0.25, 0.3) is 0 Å². The number of carbonyl (C=O) groups is 1. The van der Waals surface area contributed by atoms with Crippen molar-refractivity contribution in [3.05, 3.63) is 51.5 Å². The number of halogens is 2. The van der Waals surface area contributed by atoms with Crippen LogP contribution in [-0.4, -0.2) is 25.8 Å². The van der Waals surface area contributed by atoms with Crippen LogP contribution in [0.5, 0.6) is 11.5 Å². The molecule has 0 saturated carbocycles. The van der Waals surface area contributed by atoms with Crippen molar-refractivity contribution < 1.29 is 17.9 Å². The lowest BCUT2D eigenvalue weighted by atomic mass is 10.1. The van der Waals surface area contributed by atoms with Gasteiger partial charge in [-0.2, -0.15) is 0 Å². The summed E-state index contributed by atoms with van der Waals surface area (Å²) in [5.74, 6) is 0.282. The zero-order chi connectivity index (χ0) is 19.6. The molecule has 0 radical (unpaired) electrons. The fourth-order valence-electron chi connectivity index (χ4n) is 2.29. The van der Waals surface area contributed by atoms with Crippen molar-refractivity contribution in [2.75, 3.05) is 11.6 Å². The van der Waals surface area contributed by atoms with Gasteiger partial charge in [-0.25, -0.2) is 8.42 Å². The molecule has 5 nitrogen and oxygen atoms in total. The first kappa shape index (κ1) is 20.6. The minimum absolute atomic E-state index is 0.284. The van der Waals surface area contributed by atoms with E-state index in [4.69, 9.17) is 27.9 Å². The lowest BCUT2D eigenvalue weighted by Gasteiger charge is -2.17. The molecular weight excluding hydrogens is 397 g/mol. The van der Waals surface area contributed by atoms with Gasteiger partial charge in [-0.15, -0.1) is 0 Å². The van der Waals surface area contributed by atoms with E-state index in [0.29, 0.717) is 21.5 Å². The summed E-state index contributed by atoms with van der Waals surface area (Å²) in [7, 11) is -3.52. The average Bonchev–Trinajstić information content (AvgIpc) is 2.50. The molecule has 0 aliphatic heterocycles. The maximum Gasteiger partial charge on any atom is 0.242 e. The van der Waals surface area contributed by atoms with Gasteiger partial charge in [-0.3, -0.25) is 4.79 Å². The van der Waals surface area contributed by atoms with E-state index in [2.05, 4.69) is 5.32 Å². The summed E-state index contributed by atoms with van der Waals surface area (Å²) in [6.45, 7) is 5.03. The third-order valence-corrected chi connectivity index (χ3v) is 5.80. The molecule has 0 saturated heterocycles. The van der Waals surface area contributed by atoms with Crippen LogP contribution in [0.15, 0.2) is 30.3 Å². The summed E-state index contributed by atoms with van der Waals surface area (Å²) in [5, 5.41) is 2.35. The van der Waals surface area contributed by atoms with E-state index in [1.165, 1.54) is 13.0 Å². The first-order chi connectivity index (χ1) is 12.0. The van der Waals surface area contributed by atoms with E-state index in [1.54, 1.807) is 24.3 Å². The molecule has 2 rings (SSSR count). The quantitative estimate of drug-likeness (QED) is 0.762. The van der Waals surface area contributed by atoms with Gasteiger partial charge in [-0.05, 0) is 62.2 Å². The van der Waals surface area contributed by atoms with Crippen LogP contribution < -0.4 is 10.1 Å². The highest BCUT2D eigenvalue weighted by Gasteiger charge is 2.24. The van der Waals surface area contributed by atoms with Crippen molar-refractivity contribution in [1.29, 1.82) is 0 Å². The van der Waals surface area contributed by atoms with Crippen molar-refractivity contribution in [3.63, 3.8) is 0 Å². The van der Waals surface area contributed by atoms with Crippen LogP contribution in [0.2, 0.25) is 10.0 Å². The average molecular weight is 416 g/mol. The number of amides is 1. The maximum atomic E-state index is 12.2. The molecule has 0 spiro atoms. The number of sulfone groups is 1. The summed E-state index contributed by atoms with van der Waals surface area (Å²) in [4.78, 5) is 12.2. The normalized spacial score (nSPS) is 12.5. The highest BCUT2D eigenvalue weighted by atomic mass is 35.5. The van der Waals surface area contributed by atoms with Crippen molar-refractivity contribution in [2.24, 2.45) is 0 Å². The molecule has 2 aromatic rings. The minimum Gasteiger partial charge on any atom is -0.455 e. The Kier molecular flexibility index (Phi) is 6.21. The van der Waals surface area contributed by atoms with Gasteiger partial charge < -0.3 is 10.1 Å². The Morgan fingerprint density at radius 1 is 1.08 bits per heavy atom. The first-order valence-corrected chi connectivity index (χ1v) is 10.4. The second kappa shape index (κ2) is 7.86. The number of carbonyl (C=O) groups excluding carboxylic acids is 1. The van der Waals surface area contributed by atoms with Crippen LogP contribution in [0.4, 0.5) is 5.69 Å². The van der Waals surface area contributed by atoms with Gasteiger partial charge in [0, 0.05) is 16.3 Å². The molecule has 0 aromatic heterocycles. The summed E-state index contributed by atoms with van der Waals surface area (Å²) in [6, 6.07) is 8.27. The van der Waals surface area contributed by atoms with Crippen molar-refractivity contribution >= 4 is 44.6 Å². The summed E-state index contributed by atoms with van der Waals surface area (Å²) in [5.41, 5.74) is 1.94. The predicted octanol–water partition coefficient (Wildman–Crippen LogP) is 4.77. The van der Waals surface area contributed by atoms with Gasteiger partial charge >= 0.3 is 0 Å². The second-order valence-electron chi connectivity index (χ2n) is 6.07. The van der Waals surface area contributed by atoms with Gasteiger partial charge in [0.1, 0.15) is 11.0 Å². The van der Waals surface area contributed by atoms with E-state index < -0.39 is 21.0 Å². The van der Waals surface area contributed by atoms with Crippen LogP contribution in [0, 0.1) is 13.8 Å². The fourth-order valence-corrected chi connectivity index (χ4v) is 3.23. The summed E-state index contributed by atoms with van der Waals surface area (Å²) < 4.78 is 29.2. The number of nitrogens with one attached hydrogen (secondary N) is 1. The molecular formula is C18H19Cl2NO4S. The molecule has 0 fully saturated rings. The van der Waals surface area contributed by atoms with Gasteiger partial charge in [0.2, 0.25) is 5.91 Å². The molecule has 1 N–H and O–H groups in total. The third-order valence-electron chi connectivity index (χ3n) is 3.85. The van der Waals surface area contributed by atoms with Crippen LogP contribution >= 0.6 is 23.2 Å². The molecule has 8 heteroatoms. The fraction of sp³-hybridized carbons (Fsp3) is 0.278. The van der Waals surface area contributed by atoms with Gasteiger partial charge in [0.15, 0.2) is 15.6 Å². The number of ether oxygens (including phenoxy) is 1. The third kappa shape index (κ3) is 4.90. The molecule has 0 bridgehead atoms. The van der Waals surface area contributed by atoms with Gasteiger partial charge in [0.05, 0.1) is 5.69 Å². The lowest BCUT2D eigenvalue weighted by molar-refractivity contribution is -0.115. The summed E-state index contributed by atoms with van der Waals surface area (Å²) in [6.07, 6.45) is 1.01. The number of hydrogen-bond donors (Lipinski definition) is 1. The van der Waals surface area contributed by atoms with E-state index in [1.807, 2.05) is 13.8 Å². The molecule has 0 unspecified atom stereocenters. The first-order valence-electron chi connectivity index (χ1n) is 7.73. The zero-order valence-electron chi connectivity index (χ0n) is 14.8. The van der Waals surface area contributed by atoms with Crippen molar-refractivity contribution in [1.82, 2.24) is 0 Å². The Balaban J connectivity index is 2.39. The molecule has 2 aromatic carbocycles. The predicted molar refractivity (Wildman–Crippen MR) is 105 cm³/mol. The van der Waals surface area contributed by atoms with E-state index >= 15 is 0 Å². The van der Waals surface area contributed by atoms with Crippen LogP contribution in [0.3, 0.4) is 0 Å². The Bertz CT molecular complexity index is 935. The largest absolute Gasteiger partial charge is 0.455 e. The van der Waals surface area contributed by atoms with E-state index in [-0.39, 0.29) is 5.69 Å². The molecule has 140 valence electrons. The van der Waals surface area contributed by atoms with Crippen molar-refractivity contribution in [3.8, 4) is 11.5 Å². The topological polar surface area (TPSA) is 72.5 Å². The van der Waals surface area contributed by atoms with Crippen LogP contribution in [0.25, 0.3) is 0 Å². The standard InChI is InChI=1S/C18H19Cl2NO4S/c1-10-7-14(20)8-11(2)17(10)25-16-6-5-13(19)9-15(16)21-18(22)12(3)26(4,23)24/h5-9,12H,1-4H3,(H,21,22)/t12-/m0/s1. The van der Waals surface area contributed by atoms with Crippen LogP contribution in [-0.2, 0) is 14.6 Å². The zero-order valence-corrected chi connectivity index (χ0v) is 17.1. The Hall–Kier alpha value is -1.76. The Morgan fingerprint density at radius 2 is 1.65 bits per heavy atom. The molecule has 0 aliphatic rings. The SMILES string of the molecule is Cc1cc(Cl)cc(C)c1Oc1ccc(Cl)cc1NC(=O)[C@H](C)S(C)(=O)=O. The van der Waals surface area contributed by atoms with Gasteiger partial charge in [-0.1, -0.05) is 23.2 Å². The van der Waals surface area contributed by atoms with Crippen LogP contribution in [0.1, 0.15) is 18.1 Å². The molecule has 1 atom stereocenters. The number of rotatable bonds is 5.